The van der Waals surface area contributed by atoms with Crippen LogP contribution in [0.3, 0.4) is 0 Å². The Morgan fingerprint density at radius 1 is 0.308 bits per heavy atom. The van der Waals surface area contributed by atoms with Crippen LogP contribution in [0.4, 0.5) is 0 Å². The van der Waals surface area contributed by atoms with Crippen LogP contribution < -0.4 is 85.0 Å². The lowest BCUT2D eigenvalue weighted by Crippen LogP contribution is -2.72. The zero-order valence-electron chi connectivity index (χ0n) is 89.5. The van der Waals surface area contributed by atoms with Gasteiger partial charge in [0.15, 0.2) is 0 Å². The fourth-order valence-electron chi connectivity index (χ4n) is 24.7. The second kappa shape index (κ2) is 53.6. The standard InChI is InChI=1S/C11H20N2O2S.C9H15NO2.2C9H17NO.C8H18N2OS.C8H13NO2.C8H13NO.2C8H15NO.C7H11NO.C7H13NO.C6H11NO2.2C6H11NO/c1-16(2,15)13-9(14)10-3-6-11(12,7-4-10)8-5-10;10-9-4-1-8(2-5-9,3-6-9)7(11)12;1-7(11)9(2)5-3-8(10)4-6-9;1-7(11)9-4-2-8(6-10)3-5-9;1-12(2,11)10-5-3-8(7-9)4-6-10;9-8-3-1-7(5-8,2-4-8)6(10)11;1-6(10)7-2-3-8(9,4-7)5-7;2*1-6(10)7-2-4-8(9)5-3-7;1-5(9)6-2-7(8,3-6)4-6;1-5(9)7(2)3-6(8)4-7;7-3-4-1-5(2-4)6(8)9;2*1-4(8)5-2-6(7)3-5/h1,3-8,12H2,2H3,(H,13,14,15);1-6,10H2,(H,11,12);8,11H,1,3-6,10H2,2H3;8-9,11H,1-6,10H2;8H,1,3-7,9H2,2H3;1-5,9H2,(H,10,11);10H,1-5,9H2;2*7-8,10H,1-5,9H2;9H,1-4,8H2;6,9H,1,3-4,8H2,2H3;4-5H,1-3,7H2,(H,8,9);2*5-6,8H,1-3,7H2. The molecule has 0 radical (unpaired) electrons. The molecular formula is C110H200N16O18S2. The molecule has 10 bridgehead atoms. The van der Waals surface area contributed by atoms with Crippen molar-refractivity contribution in [1.82, 2.24) is 9.03 Å². The lowest BCUT2D eigenvalue weighted by molar-refractivity contribution is -0.156. The first-order chi connectivity index (χ1) is 67.4. The number of allylic oxidation sites excluding steroid dienone is 9. The Labute approximate surface area is 874 Å². The third-order valence-corrected chi connectivity index (χ3v) is 38.8. The van der Waals surface area contributed by atoms with Crippen LogP contribution in [-0.2, 0) is 38.6 Å². The van der Waals surface area contributed by atoms with E-state index in [2.05, 4.69) is 82.6 Å². The predicted molar refractivity (Wildman–Crippen MR) is 591 cm³/mol. The van der Waals surface area contributed by atoms with E-state index >= 15 is 0 Å². The first-order valence-corrected chi connectivity index (χ1v) is 58.0. The monoisotopic (exact) mass is 2100 g/mol. The number of fused-ring (bicyclic) bond motifs is 9. The first kappa shape index (κ1) is 128. The number of nitrogens with zero attached hydrogens (tertiary/aromatic N) is 1. The molecule has 41 N–H and O–H groups in total. The van der Waals surface area contributed by atoms with E-state index in [0.717, 1.165) is 341 Å². The molecule has 34 nitrogen and oxygen atoms in total. The molecule has 23 aliphatic rings. The van der Waals surface area contributed by atoms with Gasteiger partial charge in [0, 0.05) is 160 Å². The van der Waals surface area contributed by atoms with Crippen LogP contribution in [-0.4, -0.2) is 219 Å². The Morgan fingerprint density at radius 2 is 0.603 bits per heavy atom. The summed E-state index contributed by atoms with van der Waals surface area (Å²) in [7, 11) is -4.41. The average molecular weight is 2100 g/mol. The summed E-state index contributed by atoms with van der Waals surface area (Å²) in [6.07, 6.45) is 50.1. The Morgan fingerprint density at radius 3 is 0.829 bits per heavy atom. The van der Waals surface area contributed by atoms with Crippen LogP contribution in [0, 0.1) is 91.2 Å². The number of nitrogens with one attached hydrogen (secondary N) is 1. The molecule has 146 heavy (non-hydrogen) atoms. The number of piperidine rings is 1. The van der Waals surface area contributed by atoms with E-state index in [0.29, 0.717) is 137 Å². The van der Waals surface area contributed by atoms with Crippen LogP contribution in [0.25, 0.3) is 0 Å². The van der Waals surface area contributed by atoms with E-state index in [1.807, 2.05) is 11.2 Å². The summed E-state index contributed by atoms with van der Waals surface area (Å²) in [5.41, 5.74) is 78.6. The average Bonchev–Trinajstić information content (AvgIpc) is 1.06. The molecule has 1 amide bonds. The minimum atomic E-state index is -2.45. The summed E-state index contributed by atoms with van der Waals surface area (Å²) < 4.78 is 27.6. The van der Waals surface area contributed by atoms with E-state index in [9.17, 15) is 37.8 Å². The topological polar surface area (TPSA) is 725 Å². The van der Waals surface area contributed by atoms with Crippen molar-refractivity contribution in [2.45, 2.75) is 399 Å². The van der Waals surface area contributed by atoms with E-state index in [1.165, 1.54) is 6.26 Å². The van der Waals surface area contributed by atoms with Gasteiger partial charge in [-0.1, -0.05) is 73.1 Å². The molecule has 0 aromatic heterocycles. The van der Waals surface area contributed by atoms with Crippen LogP contribution in [0.15, 0.2) is 111 Å². The third kappa shape index (κ3) is 37.3. The zero-order chi connectivity index (χ0) is 110. The second-order valence-corrected chi connectivity index (χ2v) is 54.0. The molecule has 22 aliphatic carbocycles. The highest BCUT2D eigenvalue weighted by molar-refractivity contribution is 7.98. The summed E-state index contributed by atoms with van der Waals surface area (Å²) in [5.74, 6) is 11.3. The van der Waals surface area contributed by atoms with Gasteiger partial charge in [-0.25, -0.2) is 8.51 Å². The number of hydrogen-bond donors (Lipinski definition) is 27. The Balaban J connectivity index is 0.000000241. The van der Waals surface area contributed by atoms with Crippen LogP contribution >= 0.6 is 0 Å². The van der Waals surface area contributed by atoms with Gasteiger partial charge in [-0.3, -0.25) is 28.1 Å². The quantitative estimate of drug-likeness (QED) is 0.0448. The summed E-state index contributed by atoms with van der Waals surface area (Å²) in [4.78, 5) is 44.2. The number of aliphatic carboxylic acids is 3. The van der Waals surface area contributed by atoms with Gasteiger partial charge < -0.3 is 142 Å². The number of carbonyl (C=O) groups excluding carboxylic acids is 1. The molecular weight excluding hydrogens is 1900 g/mol. The number of aliphatic hydroxyl groups is 9. The molecule has 0 aromatic carbocycles. The molecule has 1 saturated heterocycles. The summed E-state index contributed by atoms with van der Waals surface area (Å²) in [6, 6.07) is 1.94. The smallest absolute Gasteiger partial charge is 0.309 e. The van der Waals surface area contributed by atoms with Crippen molar-refractivity contribution in [3.63, 3.8) is 0 Å². The number of carboxylic acids is 3. The Hall–Kier alpha value is -6.82. The molecule has 1 aliphatic heterocycles. The van der Waals surface area contributed by atoms with Gasteiger partial charge in [0.25, 0.3) is 0 Å². The molecule has 2 unspecified atom stereocenters. The Bertz CT molecular complexity index is 4440. The molecule has 2 atom stereocenters. The number of amides is 1. The predicted octanol–water partition coefficient (Wildman–Crippen LogP) is 14.2. The molecule has 23 rings (SSSR count). The van der Waals surface area contributed by atoms with Crippen molar-refractivity contribution >= 4 is 55.0 Å². The minimum absolute atomic E-state index is 0.0167. The fraction of sp³-hybridized carbons (Fsp3) is 0.782. The SMILES string of the molecule is C=C(O)C1(C)CC(N)C1.C=C(O)C1(C)CCC(N)CC1.C=C(O)C12CC(N)(C1)C2.C=C(O)C12CCC(N)(C1)C2.C=C(O)C1CC(N)C1.C=C(O)C1CC(N)C1.C=C(O)C1CCC(CN)CC1.C=C(O)C1CCC(N)CC1.C=C(O)C1CCC(N)CC1.C=S(C)(=O)N1CCC(CN)CC1.C=S(C)(=O)NC(=O)C12CCC(N)(CC1)CC2.NC12CCC(C(=O)O)(CC1)C2.NC12CCC(C(=O)O)(CC1)CC2.NCC1CC(C(=O)O)C1. The van der Waals surface area contributed by atoms with Gasteiger partial charge in [-0.15, -0.1) is 0 Å². The van der Waals surface area contributed by atoms with Crippen molar-refractivity contribution < 1.29 is 88.9 Å². The highest BCUT2D eigenvalue weighted by Gasteiger charge is 2.68. The Kier molecular flexibility index (Phi) is 47.0. The molecule has 36 heteroatoms. The van der Waals surface area contributed by atoms with Crippen LogP contribution in [0.1, 0.15) is 335 Å². The van der Waals surface area contributed by atoms with E-state index in [1.54, 1.807) is 6.26 Å². The van der Waals surface area contributed by atoms with Crippen molar-refractivity contribution in [1.29, 1.82) is 0 Å². The number of nitrogens with two attached hydrogens (primary N) is 14. The van der Waals surface area contributed by atoms with Crippen molar-refractivity contribution in [3.05, 3.63) is 111 Å². The minimum Gasteiger partial charge on any atom is -0.513 e. The maximum absolute atomic E-state index is 12.1. The third-order valence-electron chi connectivity index (χ3n) is 36.7. The molecule has 0 spiro atoms. The summed E-state index contributed by atoms with van der Waals surface area (Å²) >= 11 is 0. The molecule has 0 aromatic rings. The molecule has 23 fully saturated rings. The maximum Gasteiger partial charge on any atom is 0.309 e. The van der Waals surface area contributed by atoms with Gasteiger partial charge in [-0.2, -0.15) is 0 Å². The molecule has 22 saturated carbocycles. The normalized spacial score (nSPS) is 39.4. The summed E-state index contributed by atoms with van der Waals surface area (Å²) in [6.45, 7) is 39.6. The number of carboxylic acid groups (broad SMARTS) is 3. The van der Waals surface area contributed by atoms with Crippen LogP contribution in [0.2, 0.25) is 0 Å². The van der Waals surface area contributed by atoms with Gasteiger partial charge in [0.05, 0.1) is 74.0 Å². The second-order valence-electron chi connectivity index (χ2n) is 49.4. The van der Waals surface area contributed by atoms with Crippen molar-refractivity contribution in [2.75, 3.05) is 45.2 Å². The van der Waals surface area contributed by atoms with E-state index < -0.39 is 48.2 Å². The first-order valence-electron chi connectivity index (χ1n) is 53.8. The van der Waals surface area contributed by atoms with Gasteiger partial charge in [0.2, 0.25) is 5.91 Å². The van der Waals surface area contributed by atoms with Crippen molar-refractivity contribution in [3.8, 4) is 0 Å². The number of aliphatic hydroxyl groups excluding tert-OH is 9. The fourth-order valence-corrected chi connectivity index (χ4v) is 26.3. The van der Waals surface area contributed by atoms with E-state index in [-0.39, 0.29) is 78.4 Å². The summed E-state index contributed by atoms with van der Waals surface area (Å²) in [5, 5.41) is 108. The lowest BCUT2D eigenvalue weighted by atomic mass is 9.39. The largest absolute Gasteiger partial charge is 0.513 e. The van der Waals surface area contributed by atoms with Gasteiger partial charge in [0.1, 0.15) is 0 Å². The number of hydrogen-bond acceptors (Lipinski definition) is 29. The number of rotatable bonds is 18. The maximum atomic E-state index is 12.1. The number of carbonyl (C=O) groups is 4. The van der Waals surface area contributed by atoms with Crippen molar-refractivity contribution in [2.24, 2.45) is 171 Å². The van der Waals surface area contributed by atoms with E-state index in [4.69, 9.17) is 131 Å². The van der Waals surface area contributed by atoms with Crippen LogP contribution in [0.5, 0.6) is 0 Å². The lowest BCUT2D eigenvalue weighted by Gasteiger charge is -2.68. The zero-order valence-corrected chi connectivity index (χ0v) is 91.1. The highest BCUT2D eigenvalue weighted by atomic mass is 32.2. The highest BCUT2D eigenvalue weighted by Crippen LogP contribution is 2.69. The van der Waals surface area contributed by atoms with Gasteiger partial charge >= 0.3 is 17.9 Å². The van der Waals surface area contributed by atoms with Gasteiger partial charge in [-0.05, 0) is 370 Å². The molecule has 840 valence electrons. The molecule has 1 heterocycles.